The Morgan fingerprint density at radius 2 is 2.32 bits per heavy atom. The van der Waals surface area contributed by atoms with Gasteiger partial charge in [-0.05, 0) is 25.6 Å². The molecule has 1 heterocycles. The summed E-state index contributed by atoms with van der Waals surface area (Å²) >= 11 is 9.74. The zero-order valence-electron chi connectivity index (χ0n) is 15.4. The van der Waals surface area contributed by atoms with Crippen LogP contribution in [0.2, 0.25) is 0 Å². The number of carbonyl (C=O) groups excluding carboxylic acids is 1. The number of nitrogens with one attached hydrogen (secondary N) is 3. The number of aryl methyl sites for hydroxylation is 1. The van der Waals surface area contributed by atoms with Crippen LogP contribution in [0.3, 0.4) is 0 Å². The first-order valence-electron chi connectivity index (χ1n) is 8.61. The van der Waals surface area contributed by atoms with E-state index in [1.54, 1.807) is 24.7 Å². The minimum absolute atomic E-state index is 0.00765. The van der Waals surface area contributed by atoms with Gasteiger partial charge in [-0.2, -0.15) is 0 Å². The zero-order chi connectivity index (χ0) is 20.3. The van der Waals surface area contributed by atoms with Crippen LogP contribution in [-0.4, -0.2) is 40.5 Å². The van der Waals surface area contributed by atoms with E-state index in [0.717, 1.165) is 0 Å². The molecular formula is C18H20BrClFN5O2. The van der Waals surface area contributed by atoms with Crippen molar-refractivity contribution in [1.82, 2.24) is 20.3 Å². The second-order valence-electron chi connectivity index (χ2n) is 6.23. The Balaban J connectivity index is 1.98. The molecule has 0 bridgehead atoms. The summed E-state index contributed by atoms with van der Waals surface area (Å²) < 4.78 is 16.9. The highest BCUT2D eigenvalue weighted by Gasteiger charge is 2.23. The maximum absolute atomic E-state index is 15.2. The third kappa shape index (κ3) is 4.38. The fourth-order valence-electron chi connectivity index (χ4n) is 2.74. The average molecular weight is 473 g/mol. The first kappa shape index (κ1) is 20.8. The fourth-order valence-corrected chi connectivity index (χ4v) is 3.62. The van der Waals surface area contributed by atoms with Gasteiger partial charge >= 0.3 is 0 Å². The zero-order valence-corrected chi connectivity index (χ0v) is 17.7. The molecule has 3 rings (SSSR count). The third-order valence-electron chi connectivity index (χ3n) is 4.22. The first-order chi connectivity index (χ1) is 13.4. The van der Waals surface area contributed by atoms with Crippen molar-refractivity contribution in [2.45, 2.75) is 11.2 Å². The van der Waals surface area contributed by atoms with Crippen LogP contribution in [0.4, 0.5) is 10.1 Å². The molecule has 1 aliphatic rings. The van der Waals surface area contributed by atoms with Gasteiger partial charge in [0.15, 0.2) is 5.82 Å². The summed E-state index contributed by atoms with van der Waals surface area (Å²) in [6, 6.07) is 1.57. The SMILES string of the molecule is CNCCONC(=O)c1cc2c(ncn2C)c(F)c1NC1=CCC(Br)C=C1Cl. The number of hydrogen-bond donors (Lipinski definition) is 3. The molecule has 7 nitrogen and oxygen atoms in total. The minimum atomic E-state index is -0.634. The molecule has 0 aliphatic heterocycles. The Hall–Kier alpha value is -1.94. The summed E-state index contributed by atoms with van der Waals surface area (Å²) in [7, 11) is 3.50. The fraction of sp³-hybridized carbons (Fsp3) is 0.333. The van der Waals surface area contributed by atoms with E-state index >= 15 is 4.39 Å². The highest BCUT2D eigenvalue weighted by molar-refractivity contribution is 9.09. The second kappa shape index (κ2) is 9.04. The topological polar surface area (TPSA) is 80.2 Å². The van der Waals surface area contributed by atoms with E-state index in [-0.39, 0.29) is 28.2 Å². The largest absolute Gasteiger partial charge is 0.351 e. The molecule has 1 aliphatic carbocycles. The number of fused-ring (bicyclic) bond motifs is 1. The summed E-state index contributed by atoms with van der Waals surface area (Å²) in [5, 5.41) is 6.29. The number of aromatic nitrogens is 2. The monoisotopic (exact) mass is 471 g/mol. The number of alkyl halides is 1. The number of halogens is 3. The van der Waals surface area contributed by atoms with Gasteiger partial charge in [-0.25, -0.2) is 14.9 Å². The number of allylic oxidation sites excluding steroid dienone is 3. The summed E-state index contributed by atoms with van der Waals surface area (Å²) in [5.41, 5.74) is 3.60. The van der Waals surface area contributed by atoms with E-state index in [4.69, 9.17) is 16.4 Å². The number of carbonyl (C=O) groups is 1. The maximum Gasteiger partial charge on any atom is 0.277 e. The quantitative estimate of drug-likeness (QED) is 0.328. The molecule has 0 saturated heterocycles. The van der Waals surface area contributed by atoms with Gasteiger partial charge in [0.05, 0.1) is 40.4 Å². The number of nitrogens with zero attached hydrogens (tertiary/aromatic N) is 2. The summed E-state index contributed by atoms with van der Waals surface area (Å²) in [4.78, 5) is 22.0. The number of hydroxylamine groups is 1. The van der Waals surface area contributed by atoms with E-state index in [1.807, 2.05) is 12.2 Å². The van der Waals surface area contributed by atoms with E-state index in [9.17, 15) is 4.79 Å². The van der Waals surface area contributed by atoms with Crippen LogP contribution in [0.25, 0.3) is 11.0 Å². The molecule has 1 atom stereocenters. The number of hydrogen-bond acceptors (Lipinski definition) is 5. The molecule has 0 saturated carbocycles. The summed E-state index contributed by atoms with van der Waals surface area (Å²) in [6.45, 7) is 0.829. The standard InChI is InChI=1S/C18H20BrClFN5O2/c1-22-5-6-28-25-18(27)11-8-14-17(23-9-26(14)2)15(21)16(11)24-13-4-3-10(19)7-12(13)20/h4,7-10,22,24H,3,5-6H2,1-2H3,(H,25,27). The molecule has 0 spiro atoms. The van der Waals surface area contributed by atoms with Gasteiger partial charge in [0, 0.05) is 18.4 Å². The van der Waals surface area contributed by atoms with Gasteiger partial charge < -0.3 is 15.2 Å². The summed E-state index contributed by atoms with van der Waals surface area (Å²) in [5.74, 6) is -1.21. The van der Waals surface area contributed by atoms with Crippen molar-refractivity contribution in [1.29, 1.82) is 0 Å². The van der Waals surface area contributed by atoms with Crippen LogP contribution in [-0.2, 0) is 11.9 Å². The molecule has 150 valence electrons. The number of amides is 1. The Bertz CT molecular complexity index is 959. The van der Waals surface area contributed by atoms with Crippen LogP contribution < -0.4 is 16.1 Å². The normalized spacial score (nSPS) is 16.7. The lowest BCUT2D eigenvalue weighted by Crippen LogP contribution is -2.28. The predicted molar refractivity (Wildman–Crippen MR) is 111 cm³/mol. The van der Waals surface area contributed by atoms with Gasteiger partial charge in [-0.1, -0.05) is 33.6 Å². The molecule has 1 amide bonds. The Morgan fingerprint density at radius 1 is 1.54 bits per heavy atom. The highest BCUT2D eigenvalue weighted by atomic mass is 79.9. The van der Waals surface area contributed by atoms with Crippen LogP contribution in [0.5, 0.6) is 0 Å². The minimum Gasteiger partial charge on any atom is -0.351 e. The van der Waals surface area contributed by atoms with Crippen molar-refractivity contribution < 1.29 is 14.0 Å². The third-order valence-corrected chi connectivity index (χ3v) is 5.18. The lowest BCUT2D eigenvalue weighted by molar-refractivity contribution is 0.0329. The van der Waals surface area contributed by atoms with E-state index in [1.165, 1.54) is 6.33 Å². The molecule has 3 N–H and O–H groups in total. The van der Waals surface area contributed by atoms with Crippen LogP contribution in [0.1, 0.15) is 16.8 Å². The first-order valence-corrected chi connectivity index (χ1v) is 9.91. The number of benzene rings is 1. The Kier molecular flexibility index (Phi) is 6.71. The van der Waals surface area contributed by atoms with E-state index in [2.05, 4.69) is 37.0 Å². The van der Waals surface area contributed by atoms with Gasteiger partial charge in [-0.15, -0.1) is 0 Å². The van der Waals surface area contributed by atoms with Crippen molar-refractivity contribution in [2.24, 2.45) is 7.05 Å². The lowest BCUT2D eigenvalue weighted by atomic mass is 10.1. The van der Waals surface area contributed by atoms with Gasteiger partial charge in [-0.3, -0.25) is 9.63 Å². The molecule has 1 aromatic carbocycles. The molecule has 2 aromatic rings. The Morgan fingerprint density at radius 3 is 3.04 bits per heavy atom. The maximum atomic E-state index is 15.2. The molecule has 28 heavy (non-hydrogen) atoms. The number of anilines is 1. The lowest BCUT2D eigenvalue weighted by Gasteiger charge is -2.19. The van der Waals surface area contributed by atoms with E-state index < -0.39 is 11.7 Å². The van der Waals surface area contributed by atoms with Gasteiger partial charge in [0.1, 0.15) is 5.52 Å². The van der Waals surface area contributed by atoms with Crippen LogP contribution in [0.15, 0.2) is 35.3 Å². The van der Waals surface area contributed by atoms with Crippen molar-refractivity contribution >= 4 is 50.2 Å². The van der Waals surface area contributed by atoms with Crippen molar-refractivity contribution in [3.63, 3.8) is 0 Å². The van der Waals surface area contributed by atoms with Gasteiger partial charge in [0.25, 0.3) is 5.91 Å². The van der Waals surface area contributed by atoms with Gasteiger partial charge in [0.2, 0.25) is 0 Å². The molecule has 0 radical (unpaired) electrons. The van der Waals surface area contributed by atoms with E-state index in [0.29, 0.717) is 29.2 Å². The molecule has 1 aromatic heterocycles. The average Bonchev–Trinajstić information content (AvgIpc) is 3.03. The predicted octanol–water partition coefficient (Wildman–Crippen LogP) is 3.18. The number of imidazole rings is 1. The van der Waals surface area contributed by atoms with Crippen molar-refractivity contribution in [2.75, 3.05) is 25.5 Å². The van der Waals surface area contributed by atoms with Crippen LogP contribution >= 0.6 is 27.5 Å². The van der Waals surface area contributed by atoms with Crippen LogP contribution in [0, 0.1) is 5.82 Å². The molecule has 10 heteroatoms. The second-order valence-corrected chi connectivity index (χ2v) is 7.81. The smallest absolute Gasteiger partial charge is 0.277 e. The Labute approximate surface area is 175 Å². The molecular weight excluding hydrogens is 453 g/mol. The highest BCUT2D eigenvalue weighted by Crippen LogP contribution is 2.33. The molecule has 0 fully saturated rings. The van der Waals surface area contributed by atoms with Crippen molar-refractivity contribution in [3.8, 4) is 0 Å². The molecule has 1 unspecified atom stereocenters. The summed E-state index contributed by atoms with van der Waals surface area (Å²) in [6.07, 6.45) is 5.82. The number of rotatable bonds is 7. The van der Waals surface area contributed by atoms with Crippen molar-refractivity contribution in [3.05, 3.63) is 46.7 Å². The number of likely N-dealkylation sites (N-methyl/N-ethyl adjacent to an activating group) is 1.